The number of hydrogen-bond acceptors (Lipinski definition) is 5. The Morgan fingerprint density at radius 3 is 2.59 bits per heavy atom. The molecule has 1 aliphatic rings. The summed E-state index contributed by atoms with van der Waals surface area (Å²) in [6.07, 6.45) is 1.18. The molecule has 146 valence electrons. The maximum Gasteiger partial charge on any atom is 0.273 e. The molecular formula is C18H23N3O5S. The molecular weight excluding hydrogens is 370 g/mol. The molecule has 1 unspecified atom stereocenters. The highest BCUT2D eigenvalue weighted by Crippen LogP contribution is 2.19. The Hall–Kier alpha value is -2.42. The van der Waals surface area contributed by atoms with Crippen molar-refractivity contribution in [2.45, 2.75) is 38.8 Å². The van der Waals surface area contributed by atoms with Gasteiger partial charge in [0.15, 0.2) is 9.84 Å². The zero-order chi connectivity index (χ0) is 19.6. The van der Waals surface area contributed by atoms with Crippen molar-refractivity contribution >= 4 is 26.5 Å². The maximum absolute atomic E-state index is 12.7. The number of aromatic nitrogens is 2. The summed E-state index contributed by atoms with van der Waals surface area (Å²) < 4.78 is 24.6. The van der Waals surface area contributed by atoms with E-state index in [9.17, 15) is 22.8 Å². The Morgan fingerprint density at radius 2 is 1.96 bits per heavy atom. The van der Waals surface area contributed by atoms with Crippen molar-refractivity contribution in [2.75, 3.05) is 18.1 Å². The average molecular weight is 393 g/mol. The third-order valence-electron chi connectivity index (χ3n) is 4.87. The van der Waals surface area contributed by atoms with Gasteiger partial charge in [0.05, 0.1) is 28.8 Å². The first-order valence-electron chi connectivity index (χ1n) is 9.04. The molecule has 1 aromatic carbocycles. The van der Waals surface area contributed by atoms with E-state index >= 15 is 0 Å². The van der Waals surface area contributed by atoms with E-state index in [0.717, 1.165) is 11.1 Å². The van der Waals surface area contributed by atoms with Crippen LogP contribution in [0.4, 0.5) is 0 Å². The van der Waals surface area contributed by atoms with Gasteiger partial charge in [-0.3, -0.25) is 19.5 Å². The molecule has 0 radical (unpaired) electrons. The number of amides is 1. The first-order valence-corrected chi connectivity index (χ1v) is 10.9. The first-order chi connectivity index (χ1) is 12.8. The summed E-state index contributed by atoms with van der Waals surface area (Å²) in [6.45, 7) is 2.44. The van der Waals surface area contributed by atoms with Crippen molar-refractivity contribution in [1.82, 2.24) is 14.7 Å². The zero-order valence-electron chi connectivity index (χ0n) is 15.2. The molecule has 27 heavy (non-hydrogen) atoms. The van der Waals surface area contributed by atoms with E-state index < -0.39 is 9.84 Å². The van der Waals surface area contributed by atoms with E-state index in [4.69, 9.17) is 0 Å². The molecule has 9 heteroatoms. The zero-order valence-corrected chi connectivity index (χ0v) is 16.0. The monoisotopic (exact) mass is 393 g/mol. The molecule has 0 saturated carbocycles. The molecule has 1 amide bonds. The number of rotatable bonds is 6. The van der Waals surface area contributed by atoms with E-state index in [-0.39, 0.29) is 47.5 Å². The number of benzene rings is 1. The van der Waals surface area contributed by atoms with Crippen LogP contribution in [0.5, 0.6) is 0 Å². The van der Waals surface area contributed by atoms with Crippen LogP contribution < -0.4 is 11.1 Å². The summed E-state index contributed by atoms with van der Waals surface area (Å²) in [7, 11) is -3.09. The van der Waals surface area contributed by atoms with Gasteiger partial charge in [0, 0.05) is 19.0 Å². The van der Waals surface area contributed by atoms with Crippen LogP contribution in [0.2, 0.25) is 0 Å². The second-order valence-electron chi connectivity index (χ2n) is 6.84. The van der Waals surface area contributed by atoms with Gasteiger partial charge in [-0.05, 0) is 25.0 Å². The second-order valence-corrected chi connectivity index (χ2v) is 9.07. The average Bonchev–Trinajstić information content (AvgIpc) is 3.00. The van der Waals surface area contributed by atoms with Crippen molar-refractivity contribution in [2.24, 2.45) is 0 Å². The van der Waals surface area contributed by atoms with Crippen molar-refractivity contribution in [3.8, 4) is 0 Å². The molecule has 1 atom stereocenters. The largest absolute Gasteiger partial charge is 0.339 e. The van der Waals surface area contributed by atoms with Crippen molar-refractivity contribution in [1.29, 1.82) is 0 Å². The minimum Gasteiger partial charge on any atom is -0.339 e. The smallest absolute Gasteiger partial charge is 0.273 e. The van der Waals surface area contributed by atoms with Crippen molar-refractivity contribution in [3.05, 3.63) is 45.0 Å². The number of fused-ring (bicyclic) bond motifs is 1. The molecule has 1 aliphatic heterocycles. The van der Waals surface area contributed by atoms with E-state index in [1.54, 1.807) is 29.2 Å². The molecule has 1 saturated heterocycles. The quantitative estimate of drug-likeness (QED) is 0.769. The Labute approximate surface area is 156 Å². The number of nitrogens with zero attached hydrogens (tertiary/aromatic N) is 2. The van der Waals surface area contributed by atoms with Gasteiger partial charge in [-0.2, -0.15) is 0 Å². The van der Waals surface area contributed by atoms with Gasteiger partial charge in [0.1, 0.15) is 0 Å². The van der Waals surface area contributed by atoms with Crippen LogP contribution in [-0.2, 0) is 21.2 Å². The van der Waals surface area contributed by atoms with Gasteiger partial charge < -0.3 is 4.90 Å². The number of sulfone groups is 1. The number of aryl methyl sites for hydroxylation is 1. The number of carbonyl (C=O) groups is 1. The molecule has 8 nitrogen and oxygen atoms in total. The summed E-state index contributed by atoms with van der Waals surface area (Å²) in [5.74, 6) is -0.117. The van der Waals surface area contributed by atoms with Gasteiger partial charge in [0.2, 0.25) is 5.91 Å². The lowest BCUT2D eigenvalue weighted by Gasteiger charge is -2.28. The Balaban J connectivity index is 1.78. The molecule has 2 aromatic rings. The molecule has 3 rings (SSSR count). The summed E-state index contributed by atoms with van der Waals surface area (Å²) in [5.41, 5.74) is -0.742. The van der Waals surface area contributed by atoms with Gasteiger partial charge in [-0.1, -0.05) is 19.1 Å². The summed E-state index contributed by atoms with van der Waals surface area (Å²) in [6, 6.07) is 6.22. The topological polar surface area (TPSA) is 109 Å². The molecule has 2 heterocycles. The first kappa shape index (κ1) is 19.3. The van der Waals surface area contributed by atoms with Crippen LogP contribution >= 0.6 is 0 Å². The molecule has 0 bridgehead atoms. The summed E-state index contributed by atoms with van der Waals surface area (Å²) in [4.78, 5) is 38.9. The van der Waals surface area contributed by atoms with Crippen LogP contribution in [0, 0.1) is 0 Å². The lowest BCUT2D eigenvalue weighted by Crippen LogP contribution is -2.42. The summed E-state index contributed by atoms with van der Waals surface area (Å²) >= 11 is 0. The van der Waals surface area contributed by atoms with Gasteiger partial charge in [-0.25, -0.2) is 13.1 Å². The predicted molar refractivity (Wildman–Crippen MR) is 103 cm³/mol. The molecule has 1 N–H and O–H groups in total. The number of nitrogens with one attached hydrogen (secondary N) is 1. The van der Waals surface area contributed by atoms with Crippen LogP contribution in [0.15, 0.2) is 33.9 Å². The van der Waals surface area contributed by atoms with Gasteiger partial charge >= 0.3 is 0 Å². The van der Waals surface area contributed by atoms with Crippen molar-refractivity contribution in [3.63, 3.8) is 0 Å². The van der Waals surface area contributed by atoms with Crippen LogP contribution in [0.25, 0.3) is 10.8 Å². The van der Waals surface area contributed by atoms with Gasteiger partial charge in [-0.15, -0.1) is 0 Å². The minimum atomic E-state index is -3.09. The van der Waals surface area contributed by atoms with Crippen molar-refractivity contribution < 1.29 is 13.2 Å². The number of H-pyrrole nitrogens is 1. The van der Waals surface area contributed by atoms with Crippen LogP contribution in [0.3, 0.4) is 0 Å². The number of carbonyl (C=O) groups excluding carboxylic acids is 1. The minimum absolute atomic E-state index is 0.00844. The maximum atomic E-state index is 12.7. The molecule has 0 spiro atoms. The third-order valence-corrected chi connectivity index (χ3v) is 6.62. The lowest BCUT2D eigenvalue weighted by molar-refractivity contribution is -0.133. The Morgan fingerprint density at radius 1 is 1.26 bits per heavy atom. The normalized spacial score (nSPS) is 18.6. The fourth-order valence-corrected chi connectivity index (χ4v) is 5.26. The molecule has 1 aromatic heterocycles. The predicted octanol–water partition coefficient (Wildman–Crippen LogP) is 0.506. The Kier molecular flexibility index (Phi) is 5.50. The van der Waals surface area contributed by atoms with Crippen LogP contribution in [-0.4, -0.2) is 53.1 Å². The number of aromatic amines is 1. The Bertz CT molecular complexity index is 1070. The van der Waals surface area contributed by atoms with E-state index in [0.29, 0.717) is 23.7 Å². The second kappa shape index (κ2) is 7.67. The van der Waals surface area contributed by atoms with E-state index in [1.807, 2.05) is 6.92 Å². The third kappa shape index (κ3) is 4.13. The SMILES string of the molecule is CCCN(C(=O)CCn1[nH]c(=O)c2ccccc2c1=O)C1CCS(=O)(=O)C1. The van der Waals surface area contributed by atoms with Crippen LogP contribution in [0.1, 0.15) is 26.2 Å². The van der Waals surface area contributed by atoms with Gasteiger partial charge in [0.25, 0.3) is 11.1 Å². The number of hydrogen-bond donors (Lipinski definition) is 1. The fourth-order valence-electron chi connectivity index (χ4n) is 3.53. The molecule has 1 fully saturated rings. The highest BCUT2D eigenvalue weighted by Gasteiger charge is 2.34. The highest BCUT2D eigenvalue weighted by molar-refractivity contribution is 7.91. The highest BCUT2D eigenvalue weighted by atomic mass is 32.2. The molecule has 0 aliphatic carbocycles. The van der Waals surface area contributed by atoms with E-state index in [2.05, 4.69) is 5.10 Å². The standard InChI is InChI=1S/C18H23N3O5S/c1-2-9-20(13-8-11-27(25,26)12-13)16(22)7-10-21-18(24)15-6-4-3-5-14(15)17(23)19-21/h3-6,13H,2,7-12H2,1H3,(H,19,23). The lowest BCUT2D eigenvalue weighted by atomic mass is 10.2. The fraction of sp³-hybridized carbons (Fsp3) is 0.500. The van der Waals surface area contributed by atoms with E-state index in [1.165, 1.54) is 0 Å². The summed E-state index contributed by atoms with van der Waals surface area (Å²) in [5, 5.41) is 3.13.